The van der Waals surface area contributed by atoms with Crippen molar-refractivity contribution < 1.29 is 18.5 Å². The summed E-state index contributed by atoms with van der Waals surface area (Å²) in [5.74, 6) is -0.130. The highest BCUT2D eigenvalue weighted by molar-refractivity contribution is 5.95. The minimum Gasteiger partial charge on any atom is -0.325 e. The molecule has 2 aliphatic rings. The van der Waals surface area contributed by atoms with Gasteiger partial charge in [0.15, 0.2) is 6.04 Å². The first kappa shape index (κ1) is 31.2. The van der Waals surface area contributed by atoms with Gasteiger partial charge >= 0.3 is 0 Å². The first-order valence-electron chi connectivity index (χ1n) is 15.9. The molecule has 2 aromatic carbocycles. The Hall–Kier alpha value is -2.77. The first-order chi connectivity index (χ1) is 19.8. The summed E-state index contributed by atoms with van der Waals surface area (Å²) in [5, 5.41) is 6.33. The predicted octanol–water partition coefficient (Wildman–Crippen LogP) is 6.82. The summed E-state index contributed by atoms with van der Waals surface area (Å²) in [6.45, 7) is 11.3. The van der Waals surface area contributed by atoms with Crippen LogP contribution in [0.1, 0.15) is 82.3 Å². The molecular formula is C34H50FN4O2+. The fourth-order valence-electron chi connectivity index (χ4n) is 6.97. The fraction of sp³-hybridized carbons (Fsp3) is 0.588. The molecule has 6 nitrogen and oxygen atoms in total. The molecule has 0 bridgehead atoms. The number of rotatable bonds is 12. The van der Waals surface area contributed by atoms with Crippen molar-refractivity contribution in [2.45, 2.75) is 97.1 Å². The van der Waals surface area contributed by atoms with E-state index < -0.39 is 0 Å². The molecule has 0 spiro atoms. The Morgan fingerprint density at radius 3 is 2.32 bits per heavy atom. The lowest BCUT2D eigenvalue weighted by Gasteiger charge is -2.47. The van der Waals surface area contributed by atoms with E-state index in [1.165, 1.54) is 18.6 Å². The Kier molecular flexibility index (Phi) is 11.3. The van der Waals surface area contributed by atoms with Crippen LogP contribution >= 0.6 is 0 Å². The lowest BCUT2D eigenvalue weighted by molar-refractivity contribution is -0.947. The van der Waals surface area contributed by atoms with E-state index in [2.05, 4.69) is 48.4 Å². The molecule has 3 atom stereocenters. The molecule has 4 rings (SSSR count). The predicted molar refractivity (Wildman–Crippen MR) is 165 cm³/mol. The van der Waals surface area contributed by atoms with Crippen molar-refractivity contribution in [1.29, 1.82) is 0 Å². The van der Waals surface area contributed by atoms with Crippen molar-refractivity contribution in [2.75, 3.05) is 43.4 Å². The molecule has 0 aliphatic carbocycles. The van der Waals surface area contributed by atoms with Crippen molar-refractivity contribution in [3.05, 3.63) is 59.4 Å². The molecule has 41 heavy (non-hydrogen) atoms. The lowest BCUT2D eigenvalue weighted by atomic mass is 9.95. The number of unbranched alkanes of at least 4 members (excludes halogenated alkanes) is 2. The largest absolute Gasteiger partial charge is 0.325 e. The number of aryl methyl sites for hydroxylation is 2. The molecule has 7 heteroatoms. The van der Waals surface area contributed by atoms with E-state index in [0.29, 0.717) is 5.69 Å². The highest BCUT2D eigenvalue weighted by Gasteiger charge is 2.43. The Labute approximate surface area is 246 Å². The van der Waals surface area contributed by atoms with Crippen LogP contribution in [0.2, 0.25) is 0 Å². The minimum atomic E-state index is -0.305. The highest BCUT2D eigenvalue weighted by Crippen LogP contribution is 2.30. The third kappa shape index (κ3) is 8.16. The van der Waals surface area contributed by atoms with Crippen molar-refractivity contribution in [3.63, 3.8) is 0 Å². The zero-order valence-corrected chi connectivity index (χ0v) is 25.4. The SMILES string of the molecule is CCCC[N+]1(CCCCN2CCCCC2C(=O)Nc2ccc(F)cc2)CCCCC1C(=O)Nc1c(C)cccc1C. The number of amides is 2. The molecule has 2 aromatic rings. The third-order valence-corrected chi connectivity index (χ3v) is 9.31. The van der Waals surface area contributed by atoms with Gasteiger partial charge in [-0.3, -0.25) is 14.5 Å². The monoisotopic (exact) mass is 565 g/mol. The molecule has 2 aliphatic heterocycles. The van der Waals surface area contributed by atoms with Gasteiger partial charge in [-0.1, -0.05) is 38.0 Å². The van der Waals surface area contributed by atoms with Gasteiger partial charge < -0.3 is 15.1 Å². The number of nitrogens with zero attached hydrogens (tertiary/aromatic N) is 2. The Morgan fingerprint density at radius 2 is 1.59 bits per heavy atom. The number of halogens is 1. The summed E-state index contributed by atoms with van der Waals surface area (Å²) in [7, 11) is 0. The van der Waals surface area contributed by atoms with Crippen LogP contribution in [0.3, 0.4) is 0 Å². The molecule has 2 N–H and O–H groups in total. The van der Waals surface area contributed by atoms with Crippen LogP contribution in [-0.2, 0) is 9.59 Å². The van der Waals surface area contributed by atoms with Gasteiger partial charge in [0.1, 0.15) is 5.82 Å². The second-order valence-corrected chi connectivity index (χ2v) is 12.3. The van der Waals surface area contributed by atoms with Crippen LogP contribution in [0.4, 0.5) is 15.8 Å². The molecule has 2 heterocycles. The van der Waals surface area contributed by atoms with Crippen molar-refractivity contribution >= 4 is 23.2 Å². The van der Waals surface area contributed by atoms with Crippen LogP contribution in [0.25, 0.3) is 0 Å². The van der Waals surface area contributed by atoms with Gasteiger partial charge in [0.05, 0.1) is 25.7 Å². The summed E-state index contributed by atoms with van der Waals surface area (Å²) >= 11 is 0. The van der Waals surface area contributed by atoms with Crippen molar-refractivity contribution in [1.82, 2.24) is 4.90 Å². The average molecular weight is 566 g/mol. The number of hydrogen-bond donors (Lipinski definition) is 2. The zero-order chi connectivity index (χ0) is 29.2. The van der Waals surface area contributed by atoms with E-state index in [1.54, 1.807) is 12.1 Å². The van der Waals surface area contributed by atoms with Crippen LogP contribution in [0, 0.1) is 19.7 Å². The number of likely N-dealkylation sites (tertiary alicyclic amines) is 2. The number of anilines is 2. The Morgan fingerprint density at radius 1 is 0.878 bits per heavy atom. The van der Waals surface area contributed by atoms with E-state index >= 15 is 0 Å². The minimum absolute atomic E-state index is 0.00187. The molecule has 0 aromatic heterocycles. The highest BCUT2D eigenvalue weighted by atomic mass is 19.1. The number of carbonyl (C=O) groups is 2. The number of hydrogen-bond acceptors (Lipinski definition) is 3. The normalized spacial score (nSPS) is 23.2. The third-order valence-electron chi connectivity index (χ3n) is 9.31. The van der Waals surface area contributed by atoms with Crippen LogP contribution < -0.4 is 10.6 Å². The molecule has 3 unspecified atom stereocenters. The molecule has 2 saturated heterocycles. The quantitative estimate of drug-likeness (QED) is 0.219. The summed E-state index contributed by atoms with van der Waals surface area (Å²) in [4.78, 5) is 29.3. The molecule has 2 amide bonds. The molecule has 2 fully saturated rings. The summed E-state index contributed by atoms with van der Waals surface area (Å²) in [5.41, 5.74) is 3.83. The van der Waals surface area contributed by atoms with Gasteiger partial charge in [-0.15, -0.1) is 0 Å². The standard InChI is InChI=1S/C34H49FN4O2/c1-4-5-23-39(24-10-7-16-31(39)34(41)37-32-26(2)13-12-14-27(32)3)25-11-9-22-38-21-8-6-15-30(38)33(40)36-29-19-17-28(35)18-20-29/h12-14,17-20,30-31H,4-11,15-16,21-25H2,1-3H3,(H-,36,37,40,41)/p+1. The van der Waals surface area contributed by atoms with E-state index in [9.17, 15) is 14.0 Å². The van der Waals surface area contributed by atoms with Crippen LogP contribution in [0.5, 0.6) is 0 Å². The van der Waals surface area contributed by atoms with Gasteiger partial charge in [0, 0.05) is 17.8 Å². The summed E-state index contributed by atoms with van der Waals surface area (Å²) in [6, 6.07) is 12.0. The van der Waals surface area contributed by atoms with E-state index in [1.807, 2.05) is 6.07 Å². The second-order valence-electron chi connectivity index (χ2n) is 12.3. The number of para-hydroxylation sites is 1. The number of nitrogens with one attached hydrogen (secondary N) is 2. The number of carbonyl (C=O) groups excluding carboxylic acids is 2. The number of benzene rings is 2. The first-order valence-corrected chi connectivity index (χ1v) is 15.9. The van der Waals surface area contributed by atoms with Gasteiger partial charge in [-0.05, 0) is 107 Å². The van der Waals surface area contributed by atoms with Crippen molar-refractivity contribution in [3.8, 4) is 0 Å². The van der Waals surface area contributed by atoms with Gasteiger partial charge in [-0.2, -0.15) is 0 Å². The number of quaternary nitrogens is 1. The fourth-order valence-corrected chi connectivity index (χ4v) is 6.97. The Balaban J connectivity index is 1.38. The molecule has 0 saturated carbocycles. The molecule has 224 valence electrons. The molecular weight excluding hydrogens is 515 g/mol. The second kappa shape index (κ2) is 14.9. The van der Waals surface area contributed by atoms with Gasteiger partial charge in [0.25, 0.3) is 5.91 Å². The lowest BCUT2D eigenvalue weighted by Crippen LogP contribution is -2.63. The molecule has 0 radical (unpaired) electrons. The maximum atomic E-state index is 13.8. The van der Waals surface area contributed by atoms with E-state index in [4.69, 9.17) is 0 Å². The summed E-state index contributed by atoms with van der Waals surface area (Å²) < 4.78 is 14.2. The van der Waals surface area contributed by atoms with E-state index in [-0.39, 0.29) is 29.7 Å². The smallest absolute Gasteiger partial charge is 0.282 e. The topological polar surface area (TPSA) is 61.4 Å². The van der Waals surface area contributed by atoms with Crippen molar-refractivity contribution in [2.24, 2.45) is 0 Å². The maximum absolute atomic E-state index is 13.8. The van der Waals surface area contributed by atoms with Crippen LogP contribution in [-0.4, -0.2) is 66.0 Å². The Bertz CT molecular complexity index is 1130. The summed E-state index contributed by atoms with van der Waals surface area (Å²) in [6.07, 6.45) is 10.5. The van der Waals surface area contributed by atoms with Crippen LogP contribution in [0.15, 0.2) is 42.5 Å². The zero-order valence-electron chi connectivity index (χ0n) is 25.4. The van der Waals surface area contributed by atoms with E-state index in [0.717, 1.165) is 112 Å². The van der Waals surface area contributed by atoms with Gasteiger partial charge in [0.2, 0.25) is 5.91 Å². The maximum Gasteiger partial charge on any atom is 0.282 e. The number of piperidine rings is 2. The van der Waals surface area contributed by atoms with Gasteiger partial charge in [-0.25, -0.2) is 4.39 Å². The average Bonchev–Trinajstić information content (AvgIpc) is 2.98.